The summed E-state index contributed by atoms with van der Waals surface area (Å²) in [6.45, 7) is 4.79. The number of carbonyl (C=O) groups is 1. The van der Waals surface area contributed by atoms with Crippen molar-refractivity contribution in [1.82, 2.24) is 5.32 Å². The van der Waals surface area contributed by atoms with Crippen LogP contribution in [0.4, 0.5) is 0 Å². The Morgan fingerprint density at radius 1 is 1.29 bits per heavy atom. The quantitative estimate of drug-likeness (QED) is 0.866. The Labute approximate surface area is 133 Å². The van der Waals surface area contributed by atoms with E-state index in [2.05, 4.69) is 5.32 Å². The van der Waals surface area contributed by atoms with Gasteiger partial charge in [-0.1, -0.05) is 6.07 Å². The van der Waals surface area contributed by atoms with Gasteiger partial charge >= 0.3 is 0 Å². The summed E-state index contributed by atoms with van der Waals surface area (Å²) in [5, 5.41) is 2.96. The van der Waals surface area contributed by atoms with E-state index in [1.807, 2.05) is 25.1 Å². The largest absolute Gasteiger partial charge is 0.486 e. The van der Waals surface area contributed by atoms with Crippen LogP contribution in [0.2, 0.25) is 0 Å². The fraction of sp³-hybridized carbons (Fsp3) is 0.533. The fourth-order valence-electron chi connectivity index (χ4n) is 2.41. The number of alkyl halides is 2. The van der Waals surface area contributed by atoms with E-state index in [1.165, 1.54) is 0 Å². The molecule has 114 valence electrons. The van der Waals surface area contributed by atoms with E-state index in [-0.39, 0.29) is 11.9 Å². The zero-order chi connectivity index (χ0) is 15.3. The van der Waals surface area contributed by atoms with Crippen molar-refractivity contribution >= 4 is 29.1 Å². The number of rotatable bonds is 3. The van der Waals surface area contributed by atoms with Crippen LogP contribution in [0.15, 0.2) is 18.2 Å². The summed E-state index contributed by atoms with van der Waals surface area (Å²) in [4.78, 5) is 12.3. The molecule has 1 heterocycles. The highest BCUT2D eigenvalue weighted by Crippen LogP contribution is 2.63. The summed E-state index contributed by atoms with van der Waals surface area (Å²) >= 11 is 12.1. The maximum atomic E-state index is 12.3. The Morgan fingerprint density at radius 3 is 2.52 bits per heavy atom. The van der Waals surface area contributed by atoms with E-state index in [0.29, 0.717) is 25.4 Å². The Kier molecular flexibility index (Phi) is 3.49. The van der Waals surface area contributed by atoms with Crippen molar-refractivity contribution in [2.45, 2.75) is 30.6 Å². The number of fused-ring (bicyclic) bond motifs is 1. The SMILES string of the molecule is CC(NC(=O)C1(C)CC1(Cl)Cl)c1ccc2c(c1)OCCO2. The number of nitrogens with one attached hydrogen (secondary N) is 1. The van der Waals surface area contributed by atoms with Crippen molar-refractivity contribution in [2.75, 3.05) is 13.2 Å². The van der Waals surface area contributed by atoms with Gasteiger partial charge in [0.15, 0.2) is 11.5 Å². The highest BCUT2D eigenvalue weighted by Gasteiger charge is 2.67. The molecule has 1 aliphatic heterocycles. The van der Waals surface area contributed by atoms with Crippen LogP contribution in [0.1, 0.15) is 31.9 Å². The molecular formula is C15H17Cl2NO3. The summed E-state index contributed by atoms with van der Waals surface area (Å²) < 4.78 is 10.1. The number of amides is 1. The van der Waals surface area contributed by atoms with E-state index in [4.69, 9.17) is 32.7 Å². The highest BCUT2D eigenvalue weighted by molar-refractivity contribution is 6.53. The molecule has 4 nitrogen and oxygen atoms in total. The molecule has 0 bridgehead atoms. The predicted octanol–water partition coefficient (Wildman–Crippen LogP) is 3.22. The van der Waals surface area contributed by atoms with E-state index in [1.54, 1.807) is 6.92 Å². The molecule has 0 radical (unpaired) electrons. The molecule has 21 heavy (non-hydrogen) atoms. The van der Waals surface area contributed by atoms with Crippen LogP contribution >= 0.6 is 23.2 Å². The van der Waals surface area contributed by atoms with Gasteiger partial charge in [-0.2, -0.15) is 0 Å². The van der Waals surface area contributed by atoms with Crippen molar-refractivity contribution in [3.63, 3.8) is 0 Å². The second-order valence-corrected chi connectivity index (χ2v) is 7.30. The third kappa shape index (κ3) is 2.55. The molecule has 1 aromatic rings. The summed E-state index contributed by atoms with van der Waals surface area (Å²) in [5.41, 5.74) is 0.240. The molecule has 3 rings (SSSR count). The summed E-state index contributed by atoms with van der Waals surface area (Å²) in [6, 6.07) is 5.51. The molecular weight excluding hydrogens is 313 g/mol. The number of halogens is 2. The van der Waals surface area contributed by atoms with Gasteiger partial charge in [0, 0.05) is 0 Å². The first kappa shape index (κ1) is 14.8. The molecule has 1 aliphatic carbocycles. The van der Waals surface area contributed by atoms with Crippen LogP contribution in [0.3, 0.4) is 0 Å². The molecule has 1 N–H and O–H groups in total. The maximum absolute atomic E-state index is 12.3. The van der Waals surface area contributed by atoms with Crippen LogP contribution < -0.4 is 14.8 Å². The molecule has 6 heteroatoms. The van der Waals surface area contributed by atoms with E-state index >= 15 is 0 Å². The van der Waals surface area contributed by atoms with Crippen LogP contribution in [0.5, 0.6) is 11.5 Å². The smallest absolute Gasteiger partial charge is 0.229 e. The van der Waals surface area contributed by atoms with E-state index in [9.17, 15) is 4.79 Å². The lowest BCUT2D eigenvalue weighted by atomic mass is 10.0. The van der Waals surface area contributed by atoms with Gasteiger partial charge in [-0.05, 0) is 38.0 Å². The molecule has 1 saturated carbocycles. The number of carbonyl (C=O) groups excluding carboxylic acids is 1. The molecule has 0 saturated heterocycles. The maximum Gasteiger partial charge on any atom is 0.229 e. The molecule has 2 atom stereocenters. The first-order chi connectivity index (χ1) is 9.83. The Bertz CT molecular complexity index is 590. The molecule has 2 unspecified atom stereocenters. The van der Waals surface area contributed by atoms with Gasteiger partial charge in [-0.25, -0.2) is 0 Å². The lowest BCUT2D eigenvalue weighted by molar-refractivity contribution is -0.126. The van der Waals surface area contributed by atoms with E-state index in [0.717, 1.165) is 11.3 Å². The topological polar surface area (TPSA) is 47.6 Å². The monoisotopic (exact) mass is 329 g/mol. The first-order valence-electron chi connectivity index (χ1n) is 6.92. The van der Waals surface area contributed by atoms with Gasteiger partial charge in [0.1, 0.15) is 17.5 Å². The van der Waals surface area contributed by atoms with Crippen molar-refractivity contribution in [3.8, 4) is 11.5 Å². The van der Waals surface area contributed by atoms with E-state index < -0.39 is 9.75 Å². The van der Waals surface area contributed by atoms with Crippen LogP contribution in [0, 0.1) is 5.41 Å². The van der Waals surface area contributed by atoms with Gasteiger partial charge in [0.05, 0.1) is 11.5 Å². The fourth-order valence-corrected chi connectivity index (χ4v) is 3.12. The molecule has 1 fully saturated rings. The highest BCUT2D eigenvalue weighted by atomic mass is 35.5. The number of benzene rings is 1. The zero-order valence-electron chi connectivity index (χ0n) is 11.9. The number of hydrogen-bond acceptors (Lipinski definition) is 3. The van der Waals surface area contributed by atoms with Crippen LogP contribution in [0.25, 0.3) is 0 Å². The normalized spacial score (nSPS) is 26.9. The van der Waals surface area contributed by atoms with Gasteiger partial charge in [0.2, 0.25) is 5.91 Å². The molecule has 0 aromatic heterocycles. The lowest BCUT2D eigenvalue weighted by Crippen LogP contribution is -2.35. The van der Waals surface area contributed by atoms with Crippen molar-refractivity contribution in [1.29, 1.82) is 0 Å². The second kappa shape index (κ2) is 4.96. The van der Waals surface area contributed by atoms with Gasteiger partial charge < -0.3 is 14.8 Å². The Hall–Kier alpha value is -1.13. The predicted molar refractivity (Wildman–Crippen MR) is 81.2 cm³/mol. The molecule has 0 spiro atoms. The van der Waals surface area contributed by atoms with Crippen LogP contribution in [-0.4, -0.2) is 23.5 Å². The molecule has 1 aromatic carbocycles. The van der Waals surface area contributed by atoms with Crippen molar-refractivity contribution in [2.24, 2.45) is 5.41 Å². The minimum Gasteiger partial charge on any atom is -0.486 e. The van der Waals surface area contributed by atoms with Gasteiger partial charge in [0.25, 0.3) is 0 Å². The Morgan fingerprint density at radius 2 is 1.90 bits per heavy atom. The van der Waals surface area contributed by atoms with Crippen molar-refractivity contribution < 1.29 is 14.3 Å². The summed E-state index contributed by atoms with van der Waals surface area (Å²) in [7, 11) is 0. The number of hydrogen-bond donors (Lipinski definition) is 1. The zero-order valence-corrected chi connectivity index (χ0v) is 13.4. The average Bonchev–Trinajstić information content (AvgIpc) is 2.98. The Balaban J connectivity index is 1.71. The minimum atomic E-state index is -0.955. The first-order valence-corrected chi connectivity index (χ1v) is 7.67. The molecule has 2 aliphatic rings. The minimum absolute atomic E-state index is 0.130. The average molecular weight is 330 g/mol. The van der Waals surface area contributed by atoms with Gasteiger partial charge in [-0.15, -0.1) is 23.2 Å². The summed E-state index contributed by atoms with van der Waals surface area (Å²) in [6.07, 6.45) is 0.475. The lowest BCUT2D eigenvalue weighted by Gasteiger charge is -2.22. The third-order valence-corrected chi connectivity index (χ3v) is 5.27. The van der Waals surface area contributed by atoms with Crippen LogP contribution in [-0.2, 0) is 4.79 Å². The number of ether oxygens (including phenoxy) is 2. The summed E-state index contributed by atoms with van der Waals surface area (Å²) in [5.74, 6) is 1.31. The molecule has 1 amide bonds. The second-order valence-electron chi connectivity index (χ2n) is 5.81. The third-order valence-electron chi connectivity index (χ3n) is 4.17. The standard InChI is InChI=1S/C15H17Cl2NO3/c1-9(18-13(19)14(2)8-15(14,16)17)10-3-4-11-12(7-10)21-6-5-20-11/h3-4,7,9H,5-6,8H2,1-2H3,(H,18,19). The van der Waals surface area contributed by atoms with Crippen molar-refractivity contribution in [3.05, 3.63) is 23.8 Å². The van der Waals surface area contributed by atoms with Gasteiger partial charge in [-0.3, -0.25) is 4.79 Å².